The SMILES string of the molecule is CCCc1cc(C(=O)c2cc(CCC)c(O)c(CCC)c2CCC)c(CCC)c(CCC)c1O. The third kappa shape index (κ3) is 6.03. The number of hydrogen-bond acceptors (Lipinski definition) is 3. The van der Waals surface area contributed by atoms with Gasteiger partial charge in [0.2, 0.25) is 0 Å². The van der Waals surface area contributed by atoms with Crippen LogP contribution in [0.5, 0.6) is 11.5 Å². The molecule has 2 aromatic rings. The largest absolute Gasteiger partial charge is 0.507 e. The van der Waals surface area contributed by atoms with Gasteiger partial charge in [0.15, 0.2) is 5.78 Å². The fourth-order valence-electron chi connectivity index (χ4n) is 5.24. The molecule has 2 aromatic carbocycles. The van der Waals surface area contributed by atoms with Gasteiger partial charge in [-0.25, -0.2) is 0 Å². The molecular weight excluding hydrogens is 420 g/mol. The van der Waals surface area contributed by atoms with Crippen molar-refractivity contribution in [2.75, 3.05) is 0 Å². The molecule has 188 valence electrons. The zero-order chi connectivity index (χ0) is 25.3. The molecule has 0 radical (unpaired) electrons. The second-order valence-corrected chi connectivity index (χ2v) is 9.61. The van der Waals surface area contributed by atoms with Crippen LogP contribution < -0.4 is 0 Å². The molecule has 0 fully saturated rings. The van der Waals surface area contributed by atoms with Crippen LogP contribution in [0.2, 0.25) is 0 Å². The minimum atomic E-state index is 0.0521. The van der Waals surface area contributed by atoms with E-state index in [1.165, 1.54) is 0 Å². The van der Waals surface area contributed by atoms with E-state index in [2.05, 4.69) is 41.5 Å². The molecule has 2 rings (SSSR count). The molecule has 0 aliphatic heterocycles. The fraction of sp³-hybridized carbons (Fsp3) is 0.581. The quantitative estimate of drug-likeness (QED) is 0.277. The number of hydrogen-bond donors (Lipinski definition) is 2. The molecule has 2 N–H and O–H groups in total. The third-order valence-corrected chi connectivity index (χ3v) is 6.72. The second kappa shape index (κ2) is 13.6. The Balaban J connectivity index is 2.88. The van der Waals surface area contributed by atoms with E-state index in [1.807, 2.05) is 12.1 Å². The van der Waals surface area contributed by atoms with Crippen molar-refractivity contribution in [1.82, 2.24) is 0 Å². The van der Waals surface area contributed by atoms with Crippen molar-refractivity contribution in [2.45, 2.75) is 119 Å². The molecule has 3 heteroatoms. The van der Waals surface area contributed by atoms with Gasteiger partial charge in [-0.05, 0) is 84.0 Å². The molecule has 3 nitrogen and oxygen atoms in total. The minimum absolute atomic E-state index is 0.0521. The predicted octanol–water partition coefficient (Wildman–Crippen LogP) is 8.04. The topological polar surface area (TPSA) is 57.5 Å². The van der Waals surface area contributed by atoms with Gasteiger partial charge in [-0.15, -0.1) is 0 Å². The molecule has 0 spiro atoms. The van der Waals surface area contributed by atoms with E-state index in [0.29, 0.717) is 11.5 Å². The Morgan fingerprint density at radius 1 is 0.529 bits per heavy atom. The number of carbonyl (C=O) groups excluding carboxylic acids is 1. The van der Waals surface area contributed by atoms with Crippen LogP contribution in [0.1, 0.15) is 129 Å². The highest BCUT2D eigenvalue weighted by Crippen LogP contribution is 2.37. The standard InChI is InChI=1S/C31H46O3/c1-7-13-21-19-27(23(15-9-3)25(17-11-5)29(21)32)31(34)28-20-22(14-8-2)30(33)26(18-12-6)24(28)16-10-4/h19-20,32-33H,7-18H2,1-6H3. The number of phenolic OH excluding ortho intramolecular Hbond substituents is 2. The highest BCUT2D eigenvalue weighted by Gasteiger charge is 2.26. The molecule has 0 saturated heterocycles. The molecule has 0 unspecified atom stereocenters. The van der Waals surface area contributed by atoms with Crippen LogP contribution >= 0.6 is 0 Å². The summed E-state index contributed by atoms with van der Waals surface area (Å²) in [7, 11) is 0. The van der Waals surface area contributed by atoms with Gasteiger partial charge < -0.3 is 10.2 Å². The summed E-state index contributed by atoms with van der Waals surface area (Å²) in [5.74, 6) is 0.833. The molecule has 0 amide bonds. The lowest BCUT2D eigenvalue weighted by molar-refractivity contribution is 0.103. The summed E-state index contributed by atoms with van der Waals surface area (Å²) in [5, 5.41) is 22.2. The van der Waals surface area contributed by atoms with E-state index in [0.717, 1.165) is 122 Å². The number of rotatable bonds is 14. The van der Waals surface area contributed by atoms with E-state index >= 15 is 0 Å². The third-order valence-electron chi connectivity index (χ3n) is 6.72. The molecule has 0 heterocycles. The Hall–Kier alpha value is -2.29. The lowest BCUT2D eigenvalue weighted by Gasteiger charge is -2.22. The maximum absolute atomic E-state index is 14.3. The first-order chi connectivity index (χ1) is 16.4. The molecule has 0 aliphatic carbocycles. The van der Waals surface area contributed by atoms with Crippen molar-refractivity contribution >= 4 is 5.78 Å². The average molecular weight is 467 g/mol. The van der Waals surface area contributed by atoms with E-state index in [4.69, 9.17) is 0 Å². The Bertz CT molecular complexity index is 894. The van der Waals surface area contributed by atoms with Gasteiger partial charge in [-0.3, -0.25) is 4.79 Å². The highest BCUT2D eigenvalue weighted by molar-refractivity contribution is 6.11. The Morgan fingerprint density at radius 3 is 1.12 bits per heavy atom. The van der Waals surface area contributed by atoms with Crippen molar-refractivity contribution in [2.24, 2.45) is 0 Å². The first kappa shape index (κ1) is 28.0. The average Bonchev–Trinajstić information content (AvgIpc) is 2.82. The fourth-order valence-corrected chi connectivity index (χ4v) is 5.24. The van der Waals surface area contributed by atoms with Gasteiger partial charge in [0.1, 0.15) is 11.5 Å². The summed E-state index contributed by atoms with van der Waals surface area (Å²) in [5.41, 5.74) is 7.20. The van der Waals surface area contributed by atoms with Gasteiger partial charge in [-0.1, -0.05) is 80.1 Å². The van der Waals surface area contributed by atoms with Gasteiger partial charge in [0.05, 0.1) is 0 Å². The number of carbonyl (C=O) groups is 1. The van der Waals surface area contributed by atoms with Crippen LogP contribution in [-0.2, 0) is 38.5 Å². The van der Waals surface area contributed by atoms with Crippen LogP contribution in [0.25, 0.3) is 0 Å². The first-order valence-electron chi connectivity index (χ1n) is 13.7. The number of benzene rings is 2. The minimum Gasteiger partial charge on any atom is -0.507 e. The molecule has 0 aliphatic rings. The van der Waals surface area contributed by atoms with Crippen LogP contribution in [-0.4, -0.2) is 16.0 Å². The monoisotopic (exact) mass is 466 g/mol. The van der Waals surface area contributed by atoms with Crippen molar-refractivity contribution in [3.05, 3.63) is 56.6 Å². The van der Waals surface area contributed by atoms with Crippen molar-refractivity contribution in [3.63, 3.8) is 0 Å². The highest BCUT2D eigenvalue weighted by atomic mass is 16.3. The van der Waals surface area contributed by atoms with Gasteiger partial charge in [-0.2, -0.15) is 0 Å². The van der Waals surface area contributed by atoms with Gasteiger partial charge >= 0.3 is 0 Å². The Morgan fingerprint density at radius 2 is 0.824 bits per heavy atom. The van der Waals surface area contributed by atoms with E-state index < -0.39 is 0 Å². The Labute approximate surface area is 207 Å². The van der Waals surface area contributed by atoms with E-state index in [-0.39, 0.29) is 5.78 Å². The van der Waals surface area contributed by atoms with Crippen molar-refractivity contribution in [3.8, 4) is 11.5 Å². The number of aromatic hydroxyl groups is 2. The van der Waals surface area contributed by atoms with Crippen LogP contribution in [0.3, 0.4) is 0 Å². The molecular formula is C31H46O3. The summed E-state index contributed by atoms with van der Waals surface area (Å²) in [6, 6.07) is 3.93. The normalized spacial score (nSPS) is 11.2. The molecule has 34 heavy (non-hydrogen) atoms. The number of ketones is 1. The molecule has 0 saturated carbocycles. The Kier molecular flexibility index (Phi) is 11.1. The molecule has 0 aromatic heterocycles. The summed E-state index contributed by atoms with van der Waals surface area (Å²) in [4.78, 5) is 14.3. The number of aryl methyl sites for hydroxylation is 2. The summed E-state index contributed by atoms with van der Waals surface area (Å²) < 4.78 is 0. The van der Waals surface area contributed by atoms with Crippen molar-refractivity contribution < 1.29 is 15.0 Å². The smallest absolute Gasteiger partial charge is 0.193 e. The van der Waals surface area contributed by atoms with Crippen LogP contribution in [0.4, 0.5) is 0 Å². The first-order valence-corrected chi connectivity index (χ1v) is 13.7. The molecule has 0 bridgehead atoms. The zero-order valence-electron chi connectivity index (χ0n) is 22.4. The van der Waals surface area contributed by atoms with E-state index in [9.17, 15) is 15.0 Å². The maximum Gasteiger partial charge on any atom is 0.193 e. The van der Waals surface area contributed by atoms with Crippen molar-refractivity contribution in [1.29, 1.82) is 0 Å². The lowest BCUT2D eigenvalue weighted by Crippen LogP contribution is -2.15. The maximum atomic E-state index is 14.3. The summed E-state index contributed by atoms with van der Waals surface area (Å²) in [6.07, 6.45) is 10.2. The predicted molar refractivity (Wildman–Crippen MR) is 144 cm³/mol. The van der Waals surface area contributed by atoms with Crippen LogP contribution in [0, 0.1) is 0 Å². The summed E-state index contributed by atoms with van der Waals surface area (Å²) >= 11 is 0. The number of phenols is 2. The van der Waals surface area contributed by atoms with Gasteiger partial charge in [0.25, 0.3) is 0 Å². The second-order valence-electron chi connectivity index (χ2n) is 9.61. The van der Waals surface area contributed by atoms with Crippen LogP contribution in [0.15, 0.2) is 12.1 Å². The summed E-state index contributed by atoms with van der Waals surface area (Å²) in [6.45, 7) is 12.7. The van der Waals surface area contributed by atoms with Gasteiger partial charge in [0, 0.05) is 11.1 Å². The zero-order valence-corrected chi connectivity index (χ0v) is 22.4. The molecule has 0 atom stereocenters. The van der Waals surface area contributed by atoms with E-state index in [1.54, 1.807) is 0 Å². The lowest BCUT2D eigenvalue weighted by atomic mass is 9.82.